The summed E-state index contributed by atoms with van der Waals surface area (Å²) in [7, 11) is 0. The van der Waals surface area contributed by atoms with Gasteiger partial charge in [-0.15, -0.1) is 0 Å². The number of anilines is 1. The number of rotatable bonds is 4. The van der Waals surface area contributed by atoms with E-state index in [2.05, 4.69) is 36.1 Å². The number of nitrogens with one attached hydrogen (secondary N) is 2. The third-order valence-corrected chi connectivity index (χ3v) is 3.35. The highest BCUT2D eigenvalue weighted by Crippen LogP contribution is 2.23. The molecule has 0 spiro atoms. The third-order valence-electron chi connectivity index (χ3n) is 3.35. The van der Waals surface area contributed by atoms with E-state index in [4.69, 9.17) is 5.73 Å². The molecular weight excluding hydrogens is 264 g/mol. The van der Waals surface area contributed by atoms with Crippen molar-refractivity contribution in [3.05, 3.63) is 48.0 Å². The number of aromatic amines is 1. The zero-order valence-electron chi connectivity index (χ0n) is 12.7. The molecule has 0 fully saturated rings. The summed E-state index contributed by atoms with van der Waals surface area (Å²) in [5.41, 5.74) is 8.82. The van der Waals surface area contributed by atoms with Crippen molar-refractivity contribution >= 4 is 11.6 Å². The van der Waals surface area contributed by atoms with Crippen LogP contribution in [0.3, 0.4) is 0 Å². The van der Waals surface area contributed by atoms with E-state index in [9.17, 15) is 4.79 Å². The largest absolute Gasteiger partial charge is 0.348 e. The maximum Gasteiger partial charge on any atom is 0.241 e. The van der Waals surface area contributed by atoms with E-state index in [0.717, 1.165) is 11.4 Å². The summed E-state index contributed by atoms with van der Waals surface area (Å²) in [6.07, 6.45) is 3.68. The average Bonchev–Trinajstić information content (AvgIpc) is 2.91. The zero-order valence-corrected chi connectivity index (χ0v) is 12.7. The monoisotopic (exact) mass is 286 g/mol. The Morgan fingerprint density at radius 3 is 2.52 bits per heavy atom. The van der Waals surface area contributed by atoms with E-state index in [1.807, 2.05) is 24.3 Å². The second-order valence-electron chi connectivity index (χ2n) is 6.20. The minimum absolute atomic E-state index is 0.0968. The molecule has 1 amide bonds. The lowest BCUT2D eigenvalue weighted by molar-refractivity contribution is -0.117. The Kier molecular flexibility index (Phi) is 4.43. The summed E-state index contributed by atoms with van der Waals surface area (Å²) in [5, 5.41) is 2.83. The summed E-state index contributed by atoms with van der Waals surface area (Å²) >= 11 is 0. The molecule has 0 aliphatic heterocycles. The van der Waals surface area contributed by atoms with Crippen LogP contribution in [-0.4, -0.2) is 21.9 Å². The van der Waals surface area contributed by atoms with Gasteiger partial charge in [0, 0.05) is 24.0 Å². The molecule has 1 atom stereocenters. The number of imidazole rings is 1. The standard InChI is InChI=1S/C16H22N4O/c1-16(2,3)11-4-6-12(7-5-11)20-15(21)14(17)8-13-9-18-10-19-13/h4-7,9-10,14H,8,17H2,1-3H3,(H,18,19)(H,20,21)/t14-/m0/s1. The van der Waals surface area contributed by atoms with Gasteiger partial charge in [0.05, 0.1) is 12.4 Å². The minimum atomic E-state index is -0.604. The van der Waals surface area contributed by atoms with Gasteiger partial charge in [0.15, 0.2) is 0 Å². The first kappa shape index (κ1) is 15.3. The third kappa shape index (κ3) is 4.16. The molecule has 4 N–H and O–H groups in total. The lowest BCUT2D eigenvalue weighted by atomic mass is 9.87. The van der Waals surface area contributed by atoms with Gasteiger partial charge in [-0.25, -0.2) is 4.98 Å². The van der Waals surface area contributed by atoms with Gasteiger partial charge in [0.1, 0.15) is 0 Å². The Bertz CT molecular complexity index is 582. The first-order valence-corrected chi connectivity index (χ1v) is 7.00. The SMILES string of the molecule is CC(C)(C)c1ccc(NC(=O)[C@@H](N)Cc2cnc[nH]2)cc1. The fraction of sp³-hybridized carbons (Fsp3) is 0.375. The molecule has 21 heavy (non-hydrogen) atoms. The normalized spacial score (nSPS) is 13.0. The molecule has 1 aromatic heterocycles. The van der Waals surface area contributed by atoms with Crippen LogP contribution in [0.4, 0.5) is 5.69 Å². The van der Waals surface area contributed by atoms with Crippen LogP contribution in [0.5, 0.6) is 0 Å². The van der Waals surface area contributed by atoms with Gasteiger partial charge in [-0.1, -0.05) is 32.9 Å². The lowest BCUT2D eigenvalue weighted by Gasteiger charge is -2.19. The van der Waals surface area contributed by atoms with Gasteiger partial charge in [-0.3, -0.25) is 4.79 Å². The van der Waals surface area contributed by atoms with Crippen molar-refractivity contribution in [3.8, 4) is 0 Å². The highest BCUT2D eigenvalue weighted by atomic mass is 16.2. The molecule has 1 heterocycles. The summed E-state index contributed by atoms with van der Waals surface area (Å²) in [6, 6.07) is 7.25. The van der Waals surface area contributed by atoms with Crippen molar-refractivity contribution in [1.82, 2.24) is 9.97 Å². The highest BCUT2D eigenvalue weighted by Gasteiger charge is 2.16. The smallest absolute Gasteiger partial charge is 0.241 e. The van der Waals surface area contributed by atoms with E-state index in [1.165, 1.54) is 5.56 Å². The van der Waals surface area contributed by atoms with Gasteiger partial charge >= 0.3 is 0 Å². The number of H-pyrrole nitrogens is 1. The quantitative estimate of drug-likeness (QED) is 0.805. The van der Waals surface area contributed by atoms with E-state index in [0.29, 0.717) is 6.42 Å². The van der Waals surface area contributed by atoms with Crippen LogP contribution in [-0.2, 0) is 16.6 Å². The number of carbonyl (C=O) groups excluding carboxylic acids is 1. The molecule has 5 nitrogen and oxygen atoms in total. The van der Waals surface area contributed by atoms with E-state index >= 15 is 0 Å². The Labute approximate surface area is 125 Å². The van der Waals surface area contributed by atoms with Gasteiger partial charge in [-0.2, -0.15) is 0 Å². The van der Waals surface area contributed by atoms with Gasteiger partial charge in [0.25, 0.3) is 0 Å². The van der Waals surface area contributed by atoms with E-state index in [1.54, 1.807) is 12.5 Å². The fourth-order valence-corrected chi connectivity index (χ4v) is 2.01. The summed E-state index contributed by atoms with van der Waals surface area (Å²) in [6.45, 7) is 6.46. The van der Waals surface area contributed by atoms with Gasteiger partial charge in [0.2, 0.25) is 5.91 Å². The van der Waals surface area contributed by atoms with Crippen molar-refractivity contribution in [2.75, 3.05) is 5.32 Å². The van der Waals surface area contributed by atoms with Crippen LogP contribution in [0.15, 0.2) is 36.8 Å². The summed E-state index contributed by atoms with van der Waals surface area (Å²) in [4.78, 5) is 18.9. The predicted octanol–water partition coefficient (Wildman–Crippen LogP) is 2.22. The van der Waals surface area contributed by atoms with Crippen LogP contribution in [0.2, 0.25) is 0 Å². The molecule has 2 rings (SSSR count). The molecule has 112 valence electrons. The van der Waals surface area contributed by atoms with Crippen molar-refractivity contribution in [3.63, 3.8) is 0 Å². The Morgan fingerprint density at radius 1 is 1.33 bits per heavy atom. The molecule has 0 saturated heterocycles. The number of amides is 1. The van der Waals surface area contributed by atoms with Crippen LogP contribution in [0.1, 0.15) is 32.0 Å². The molecule has 0 aliphatic carbocycles. The van der Waals surface area contributed by atoms with E-state index in [-0.39, 0.29) is 11.3 Å². The van der Waals surface area contributed by atoms with Crippen LogP contribution in [0.25, 0.3) is 0 Å². The topological polar surface area (TPSA) is 83.8 Å². The molecule has 0 unspecified atom stereocenters. The first-order valence-electron chi connectivity index (χ1n) is 7.00. The number of benzene rings is 1. The van der Waals surface area contributed by atoms with Crippen LogP contribution >= 0.6 is 0 Å². The van der Waals surface area contributed by atoms with E-state index < -0.39 is 6.04 Å². The van der Waals surface area contributed by atoms with Crippen molar-refractivity contribution in [2.45, 2.75) is 38.6 Å². The number of nitrogens with zero attached hydrogens (tertiary/aromatic N) is 1. The summed E-state index contributed by atoms with van der Waals surface area (Å²) < 4.78 is 0. The molecule has 2 aromatic rings. The Morgan fingerprint density at radius 2 is 2.00 bits per heavy atom. The van der Waals surface area contributed by atoms with Crippen LogP contribution in [0, 0.1) is 0 Å². The first-order chi connectivity index (χ1) is 9.86. The second-order valence-corrected chi connectivity index (χ2v) is 6.20. The lowest BCUT2D eigenvalue weighted by Crippen LogP contribution is -2.37. The van der Waals surface area contributed by atoms with Gasteiger partial charge < -0.3 is 16.0 Å². The van der Waals surface area contributed by atoms with Gasteiger partial charge in [-0.05, 0) is 23.1 Å². The highest BCUT2D eigenvalue weighted by molar-refractivity contribution is 5.94. The number of carbonyl (C=O) groups is 1. The fourth-order valence-electron chi connectivity index (χ4n) is 2.01. The summed E-state index contributed by atoms with van der Waals surface area (Å²) in [5.74, 6) is -0.201. The Balaban J connectivity index is 1.96. The van der Waals surface area contributed by atoms with Crippen molar-refractivity contribution in [2.24, 2.45) is 5.73 Å². The average molecular weight is 286 g/mol. The second kappa shape index (κ2) is 6.10. The zero-order chi connectivity index (χ0) is 15.5. The Hall–Kier alpha value is -2.14. The molecule has 0 bridgehead atoms. The van der Waals surface area contributed by atoms with Crippen LogP contribution < -0.4 is 11.1 Å². The molecule has 0 saturated carbocycles. The molecule has 1 aromatic carbocycles. The number of hydrogen-bond donors (Lipinski definition) is 3. The van der Waals surface area contributed by atoms with Crippen molar-refractivity contribution in [1.29, 1.82) is 0 Å². The predicted molar refractivity (Wildman–Crippen MR) is 84.0 cm³/mol. The molecule has 5 heteroatoms. The molecular formula is C16H22N4O. The maximum absolute atomic E-state index is 12.1. The number of hydrogen-bond acceptors (Lipinski definition) is 3. The maximum atomic E-state index is 12.1. The molecule has 0 radical (unpaired) electrons. The molecule has 0 aliphatic rings. The van der Waals surface area contributed by atoms with Crippen molar-refractivity contribution < 1.29 is 4.79 Å². The number of nitrogens with two attached hydrogens (primary N) is 1. The number of aromatic nitrogens is 2. The minimum Gasteiger partial charge on any atom is -0.348 e.